The van der Waals surface area contributed by atoms with Crippen LogP contribution in [0.4, 0.5) is 0 Å². The van der Waals surface area contributed by atoms with Gasteiger partial charge in [0.25, 0.3) is 0 Å². The van der Waals surface area contributed by atoms with Crippen LogP contribution in [0.15, 0.2) is 57.7 Å². The van der Waals surface area contributed by atoms with E-state index >= 15 is 0 Å². The molecule has 148 valence electrons. The van der Waals surface area contributed by atoms with E-state index < -0.39 is 0 Å². The molecule has 0 aliphatic rings. The Labute approximate surface area is 162 Å². The lowest BCUT2D eigenvalue weighted by molar-refractivity contribution is -0.147. The highest BCUT2D eigenvalue weighted by molar-refractivity contribution is 5.66. The molecule has 2 aromatic rings. The van der Waals surface area contributed by atoms with Gasteiger partial charge in [0.1, 0.15) is 6.10 Å². The summed E-state index contributed by atoms with van der Waals surface area (Å²) in [7, 11) is 0. The number of ether oxygens (including phenoxy) is 1. The topological polar surface area (TPSA) is 52.6 Å². The lowest BCUT2D eigenvalue weighted by atomic mass is 9.93. The van der Waals surface area contributed by atoms with Gasteiger partial charge in [-0.15, -0.1) is 0 Å². The summed E-state index contributed by atoms with van der Waals surface area (Å²) in [5.41, 5.74) is 3.73. The lowest BCUT2D eigenvalue weighted by Gasteiger charge is -2.21. The molecule has 0 fully saturated rings. The first-order valence-electron chi connectivity index (χ1n) is 9.88. The SMILES string of the molecule is CC(=O)O[C@@H](CC(C)=CCCc1ccoc1)C[C@@H](C)CCCc1ccoc1. The van der Waals surface area contributed by atoms with Crippen LogP contribution in [0, 0.1) is 5.92 Å². The molecular formula is C23H32O4. The van der Waals surface area contributed by atoms with E-state index in [1.165, 1.54) is 23.6 Å². The molecule has 0 amide bonds. The number of furan rings is 2. The van der Waals surface area contributed by atoms with Gasteiger partial charge in [-0.05, 0) is 68.2 Å². The molecule has 0 aromatic carbocycles. The maximum atomic E-state index is 11.5. The Kier molecular flexibility index (Phi) is 8.96. The minimum absolute atomic E-state index is 0.0448. The second-order valence-electron chi connectivity index (χ2n) is 7.52. The number of aryl methyl sites for hydroxylation is 2. The summed E-state index contributed by atoms with van der Waals surface area (Å²) in [4.78, 5) is 11.5. The summed E-state index contributed by atoms with van der Waals surface area (Å²) in [6.45, 7) is 5.85. The van der Waals surface area contributed by atoms with Gasteiger partial charge in [-0.2, -0.15) is 0 Å². The van der Waals surface area contributed by atoms with Crippen molar-refractivity contribution >= 4 is 5.97 Å². The van der Waals surface area contributed by atoms with E-state index in [-0.39, 0.29) is 12.1 Å². The van der Waals surface area contributed by atoms with E-state index in [9.17, 15) is 4.79 Å². The van der Waals surface area contributed by atoms with Crippen molar-refractivity contribution in [1.82, 2.24) is 0 Å². The fourth-order valence-corrected chi connectivity index (χ4v) is 3.43. The molecule has 0 saturated heterocycles. The molecule has 0 unspecified atom stereocenters. The summed E-state index contributed by atoms with van der Waals surface area (Å²) in [5, 5.41) is 0. The van der Waals surface area contributed by atoms with Gasteiger partial charge >= 0.3 is 5.97 Å². The maximum absolute atomic E-state index is 11.5. The Bertz CT molecular complexity index is 667. The first kappa shape index (κ1) is 21.1. The first-order valence-corrected chi connectivity index (χ1v) is 9.88. The van der Waals surface area contributed by atoms with Crippen LogP contribution in [0.1, 0.15) is 64.0 Å². The molecule has 0 spiro atoms. The van der Waals surface area contributed by atoms with Gasteiger partial charge in [0, 0.05) is 13.3 Å². The Hall–Kier alpha value is -2.23. The molecule has 0 N–H and O–H groups in total. The van der Waals surface area contributed by atoms with E-state index in [1.54, 1.807) is 18.8 Å². The number of hydrogen-bond donors (Lipinski definition) is 0. The normalized spacial score (nSPS) is 14.1. The molecule has 4 nitrogen and oxygen atoms in total. The minimum Gasteiger partial charge on any atom is -0.472 e. The molecule has 0 bridgehead atoms. The van der Waals surface area contributed by atoms with E-state index in [0.717, 1.165) is 44.9 Å². The third-order valence-corrected chi connectivity index (χ3v) is 4.80. The van der Waals surface area contributed by atoms with Gasteiger partial charge < -0.3 is 13.6 Å². The van der Waals surface area contributed by atoms with Crippen molar-refractivity contribution in [3.63, 3.8) is 0 Å². The molecule has 27 heavy (non-hydrogen) atoms. The predicted octanol–water partition coefficient (Wildman–Crippen LogP) is 6.12. The average Bonchev–Trinajstić information content (AvgIpc) is 3.27. The minimum atomic E-state index is -0.197. The Morgan fingerprint density at radius 2 is 1.78 bits per heavy atom. The third-order valence-electron chi connectivity index (χ3n) is 4.80. The van der Waals surface area contributed by atoms with Crippen LogP contribution in [0.5, 0.6) is 0 Å². The molecule has 0 aliphatic heterocycles. The largest absolute Gasteiger partial charge is 0.472 e. The molecule has 2 atom stereocenters. The number of rotatable bonds is 12. The summed E-state index contributed by atoms with van der Waals surface area (Å²) in [6.07, 6.45) is 16.1. The first-order chi connectivity index (χ1) is 13.0. The molecule has 2 rings (SSSR count). The average molecular weight is 373 g/mol. The number of allylic oxidation sites excluding steroid dienone is 1. The fraction of sp³-hybridized carbons (Fsp3) is 0.522. The monoisotopic (exact) mass is 372 g/mol. The predicted molar refractivity (Wildman–Crippen MR) is 106 cm³/mol. The van der Waals surface area contributed by atoms with Crippen LogP contribution in [-0.2, 0) is 22.4 Å². The summed E-state index contributed by atoms with van der Waals surface area (Å²) in [5.74, 6) is 0.316. The van der Waals surface area contributed by atoms with Crippen molar-refractivity contribution in [3.05, 3.63) is 60.0 Å². The van der Waals surface area contributed by atoms with Crippen LogP contribution in [0.25, 0.3) is 0 Å². The van der Waals surface area contributed by atoms with E-state index in [2.05, 4.69) is 19.9 Å². The smallest absolute Gasteiger partial charge is 0.302 e. The fourth-order valence-electron chi connectivity index (χ4n) is 3.43. The van der Waals surface area contributed by atoms with Crippen LogP contribution >= 0.6 is 0 Å². The molecule has 0 radical (unpaired) electrons. The molecule has 0 aliphatic carbocycles. The van der Waals surface area contributed by atoms with Gasteiger partial charge in [-0.25, -0.2) is 0 Å². The number of carbonyl (C=O) groups excluding carboxylic acids is 1. The second kappa shape index (κ2) is 11.5. The van der Waals surface area contributed by atoms with Crippen molar-refractivity contribution in [2.75, 3.05) is 0 Å². The van der Waals surface area contributed by atoms with Gasteiger partial charge in [-0.3, -0.25) is 4.79 Å². The molecule has 2 aromatic heterocycles. The van der Waals surface area contributed by atoms with Gasteiger partial charge in [0.05, 0.1) is 25.1 Å². The highest BCUT2D eigenvalue weighted by Crippen LogP contribution is 2.22. The summed E-state index contributed by atoms with van der Waals surface area (Å²) >= 11 is 0. The van der Waals surface area contributed by atoms with Gasteiger partial charge in [-0.1, -0.05) is 25.0 Å². The molecular weight excluding hydrogens is 340 g/mol. The number of carbonyl (C=O) groups is 1. The van der Waals surface area contributed by atoms with Gasteiger partial charge in [0.15, 0.2) is 0 Å². The second-order valence-corrected chi connectivity index (χ2v) is 7.52. The van der Waals surface area contributed by atoms with Crippen LogP contribution in [0.2, 0.25) is 0 Å². The third kappa shape index (κ3) is 8.80. The Morgan fingerprint density at radius 3 is 2.37 bits per heavy atom. The Balaban J connectivity index is 1.75. The molecule has 4 heteroatoms. The van der Waals surface area contributed by atoms with Gasteiger partial charge in [0.2, 0.25) is 0 Å². The highest BCUT2D eigenvalue weighted by atomic mass is 16.5. The van der Waals surface area contributed by atoms with E-state index in [4.69, 9.17) is 13.6 Å². The van der Waals surface area contributed by atoms with Crippen molar-refractivity contribution in [2.24, 2.45) is 5.92 Å². The number of esters is 1. The maximum Gasteiger partial charge on any atom is 0.302 e. The van der Waals surface area contributed by atoms with Crippen LogP contribution < -0.4 is 0 Å². The summed E-state index contributed by atoms with van der Waals surface area (Å²) < 4.78 is 15.8. The highest BCUT2D eigenvalue weighted by Gasteiger charge is 2.17. The van der Waals surface area contributed by atoms with Crippen molar-refractivity contribution < 1.29 is 18.4 Å². The Morgan fingerprint density at radius 1 is 1.11 bits per heavy atom. The van der Waals surface area contributed by atoms with E-state index in [0.29, 0.717) is 5.92 Å². The van der Waals surface area contributed by atoms with Crippen molar-refractivity contribution in [2.45, 2.75) is 71.8 Å². The van der Waals surface area contributed by atoms with E-state index in [1.807, 2.05) is 18.4 Å². The quantitative estimate of drug-likeness (QED) is 0.332. The van der Waals surface area contributed by atoms with Crippen molar-refractivity contribution in [3.8, 4) is 0 Å². The molecule has 0 saturated carbocycles. The molecule has 2 heterocycles. The zero-order valence-corrected chi connectivity index (χ0v) is 16.8. The zero-order valence-electron chi connectivity index (χ0n) is 16.8. The van der Waals surface area contributed by atoms with Crippen molar-refractivity contribution in [1.29, 1.82) is 0 Å². The lowest BCUT2D eigenvalue weighted by Crippen LogP contribution is -2.20. The standard InChI is InChI=1S/C23H32O4/c1-18(6-4-8-21-10-12-25-16-21)14-23(27-20(3)24)15-19(2)7-5-9-22-11-13-26-17-22/h6,10-13,16-17,19,23H,4-5,7-9,14-15H2,1-3H3/t19-,23-/m0/s1. The number of hydrogen-bond acceptors (Lipinski definition) is 4. The van der Waals surface area contributed by atoms with Crippen LogP contribution in [-0.4, -0.2) is 12.1 Å². The zero-order chi connectivity index (χ0) is 19.5. The summed E-state index contributed by atoms with van der Waals surface area (Å²) in [6, 6.07) is 4.01. The van der Waals surface area contributed by atoms with Crippen LogP contribution in [0.3, 0.4) is 0 Å².